The lowest BCUT2D eigenvalue weighted by atomic mass is 10.1. The Morgan fingerprint density at radius 3 is 2.09 bits per heavy atom. The van der Waals surface area contributed by atoms with Crippen molar-refractivity contribution in [1.82, 2.24) is 0 Å². The minimum absolute atomic E-state index is 0.0704. The Bertz CT molecular complexity index is 570. The third kappa shape index (κ3) is 4.90. The van der Waals surface area contributed by atoms with E-state index in [0.717, 1.165) is 12.0 Å². The Kier molecular flexibility index (Phi) is 5.81. The van der Waals surface area contributed by atoms with Gasteiger partial charge in [-0.2, -0.15) is 0 Å². The monoisotopic (exact) mass is 312 g/mol. The first-order valence-corrected chi connectivity index (χ1v) is 8.26. The van der Waals surface area contributed by atoms with Crippen LogP contribution in [0.3, 0.4) is 0 Å². The lowest BCUT2D eigenvalue weighted by Gasteiger charge is -2.20. The molecular weight excluding hydrogens is 288 g/mol. The van der Waals surface area contributed by atoms with Crippen molar-refractivity contribution in [3.63, 3.8) is 0 Å². The molecule has 3 atom stereocenters. The third-order valence-corrected chi connectivity index (χ3v) is 4.36. The zero-order valence-corrected chi connectivity index (χ0v) is 13.3. The van der Waals surface area contributed by atoms with E-state index in [1.54, 1.807) is 0 Å². The van der Waals surface area contributed by atoms with Crippen LogP contribution in [0, 0.1) is 5.92 Å². The highest BCUT2D eigenvalue weighted by Crippen LogP contribution is 2.30. The third-order valence-electron chi connectivity index (χ3n) is 4.36. The molecule has 3 heteroatoms. The summed E-state index contributed by atoms with van der Waals surface area (Å²) in [7, 11) is 0. The first kappa shape index (κ1) is 16.2. The van der Waals surface area contributed by atoms with Crippen molar-refractivity contribution < 1.29 is 14.6 Å². The normalized spacial score (nSPS) is 24.0. The molecule has 0 aliphatic heterocycles. The van der Waals surface area contributed by atoms with Crippen LogP contribution < -0.4 is 0 Å². The zero-order valence-electron chi connectivity index (χ0n) is 13.3. The Hall–Kier alpha value is -1.68. The second kappa shape index (κ2) is 8.25. The quantitative estimate of drug-likeness (QED) is 0.849. The summed E-state index contributed by atoms with van der Waals surface area (Å²) < 4.78 is 11.9. The maximum Gasteiger partial charge on any atom is 0.0720 e. The van der Waals surface area contributed by atoms with Crippen LogP contribution in [-0.4, -0.2) is 23.9 Å². The van der Waals surface area contributed by atoms with Crippen LogP contribution in [0.2, 0.25) is 0 Å². The average molecular weight is 312 g/mol. The van der Waals surface area contributed by atoms with Crippen molar-refractivity contribution in [3.8, 4) is 0 Å². The van der Waals surface area contributed by atoms with Gasteiger partial charge in [0, 0.05) is 5.92 Å². The second-order valence-corrected chi connectivity index (χ2v) is 6.22. The van der Waals surface area contributed by atoms with Crippen molar-refractivity contribution in [3.05, 3.63) is 71.8 Å². The van der Waals surface area contributed by atoms with E-state index in [-0.39, 0.29) is 18.1 Å². The zero-order chi connectivity index (χ0) is 15.9. The highest BCUT2D eigenvalue weighted by molar-refractivity contribution is 5.14. The minimum Gasteiger partial charge on any atom is -0.393 e. The molecule has 0 spiro atoms. The highest BCUT2D eigenvalue weighted by Gasteiger charge is 2.34. The van der Waals surface area contributed by atoms with Gasteiger partial charge in [-0.05, 0) is 24.0 Å². The number of ether oxygens (including phenoxy) is 2. The maximum absolute atomic E-state index is 9.95. The lowest BCUT2D eigenvalue weighted by Crippen LogP contribution is -2.22. The van der Waals surface area contributed by atoms with Gasteiger partial charge < -0.3 is 14.6 Å². The summed E-state index contributed by atoms with van der Waals surface area (Å²) in [5.41, 5.74) is 2.34. The molecule has 1 saturated carbocycles. The molecule has 2 aromatic rings. The van der Waals surface area contributed by atoms with Crippen LogP contribution in [0.25, 0.3) is 0 Å². The van der Waals surface area contributed by atoms with Crippen LogP contribution in [0.1, 0.15) is 24.0 Å². The Morgan fingerprint density at radius 2 is 1.43 bits per heavy atom. The van der Waals surface area contributed by atoms with E-state index in [9.17, 15) is 5.11 Å². The largest absolute Gasteiger partial charge is 0.393 e. The van der Waals surface area contributed by atoms with Gasteiger partial charge in [-0.15, -0.1) is 0 Å². The molecule has 1 fully saturated rings. The molecule has 122 valence electrons. The van der Waals surface area contributed by atoms with E-state index in [0.29, 0.717) is 26.2 Å². The highest BCUT2D eigenvalue weighted by atomic mass is 16.5. The molecule has 0 bridgehead atoms. The van der Waals surface area contributed by atoms with E-state index in [1.165, 1.54) is 5.56 Å². The van der Waals surface area contributed by atoms with Crippen LogP contribution in [0.4, 0.5) is 0 Å². The maximum atomic E-state index is 9.95. The van der Waals surface area contributed by atoms with Crippen LogP contribution in [0.5, 0.6) is 0 Å². The molecule has 0 unspecified atom stereocenters. The van der Waals surface area contributed by atoms with Gasteiger partial charge >= 0.3 is 0 Å². The Labute approximate surface area is 137 Å². The Balaban J connectivity index is 1.47. The molecule has 1 aliphatic carbocycles. The number of aliphatic hydroxyl groups excluding tert-OH is 1. The minimum atomic E-state index is -0.277. The van der Waals surface area contributed by atoms with Crippen LogP contribution in [-0.2, 0) is 22.7 Å². The van der Waals surface area contributed by atoms with E-state index in [2.05, 4.69) is 24.3 Å². The van der Waals surface area contributed by atoms with E-state index < -0.39 is 0 Å². The molecule has 3 nitrogen and oxygen atoms in total. The number of aliphatic hydroxyl groups is 1. The number of hydrogen-bond donors (Lipinski definition) is 1. The van der Waals surface area contributed by atoms with E-state index in [4.69, 9.17) is 9.47 Å². The molecule has 2 aromatic carbocycles. The summed E-state index contributed by atoms with van der Waals surface area (Å²) >= 11 is 0. The van der Waals surface area contributed by atoms with Crippen molar-refractivity contribution >= 4 is 0 Å². The van der Waals surface area contributed by atoms with Gasteiger partial charge in [-0.3, -0.25) is 0 Å². The molecule has 0 aromatic heterocycles. The molecule has 0 radical (unpaired) electrons. The summed E-state index contributed by atoms with van der Waals surface area (Å²) in [5.74, 6) is 0.262. The summed E-state index contributed by atoms with van der Waals surface area (Å²) in [4.78, 5) is 0. The van der Waals surface area contributed by atoms with Crippen molar-refractivity contribution in [2.24, 2.45) is 5.92 Å². The Morgan fingerprint density at radius 1 is 0.826 bits per heavy atom. The fourth-order valence-corrected chi connectivity index (χ4v) is 3.12. The first-order valence-electron chi connectivity index (χ1n) is 8.26. The van der Waals surface area contributed by atoms with Gasteiger partial charge in [0.1, 0.15) is 0 Å². The molecular formula is C20H24O3. The summed E-state index contributed by atoms with van der Waals surface area (Å²) in [6, 6.07) is 20.3. The SMILES string of the molecule is O[C@@H]1C[C@H](COCc2ccccc2)[C@@H](OCc2ccccc2)C1. The molecule has 0 amide bonds. The van der Waals surface area contributed by atoms with Gasteiger partial charge in [-0.25, -0.2) is 0 Å². The van der Waals surface area contributed by atoms with Crippen LogP contribution >= 0.6 is 0 Å². The molecule has 0 saturated heterocycles. The number of benzene rings is 2. The predicted octanol–water partition coefficient (Wildman–Crippen LogP) is 3.56. The lowest BCUT2D eigenvalue weighted by molar-refractivity contribution is -0.0196. The summed E-state index contributed by atoms with van der Waals surface area (Å²) in [5, 5.41) is 9.95. The standard InChI is InChI=1S/C20H24O3/c21-19-11-18(15-22-13-16-7-3-1-4-8-16)20(12-19)23-14-17-9-5-2-6-10-17/h1-10,18-21H,11-15H2/t18-,19-,20+/m1/s1. The van der Waals surface area contributed by atoms with Gasteiger partial charge in [0.2, 0.25) is 0 Å². The van der Waals surface area contributed by atoms with Gasteiger partial charge in [0.25, 0.3) is 0 Å². The molecule has 23 heavy (non-hydrogen) atoms. The molecule has 0 heterocycles. The average Bonchev–Trinajstić information content (AvgIpc) is 2.95. The van der Waals surface area contributed by atoms with Gasteiger partial charge in [0.15, 0.2) is 0 Å². The van der Waals surface area contributed by atoms with E-state index in [1.807, 2.05) is 36.4 Å². The fraction of sp³-hybridized carbons (Fsp3) is 0.400. The molecule has 1 N–H and O–H groups in total. The van der Waals surface area contributed by atoms with Crippen LogP contribution in [0.15, 0.2) is 60.7 Å². The summed E-state index contributed by atoms with van der Waals surface area (Å²) in [6.45, 7) is 1.83. The fourth-order valence-electron chi connectivity index (χ4n) is 3.12. The van der Waals surface area contributed by atoms with Gasteiger partial charge in [0.05, 0.1) is 32.0 Å². The molecule has 1 aliphatic rings. The van der Waals surface area contributed by atoms with Crippen molar-refractivity contribution in [2.75, 3.05) is 6.61 Å². The second-order valence-electron chi connectivity index (χ2n) is 6.22. The molecule has 3 rings (SSSR count). The summed E-state index contributed by atoms with van der Waals surface area (Å²) in [6.07, 6.45) is 1.25. The van der Waals surface area contributed by atoms with E-state index >= 15 is 0 Å². The predicted molar refractivity (Wildman–Crippen MR) is 89.8 cm³/mol. The van der Waals surface area contributed by atoms with Crippen molar-refractivity contribution in [2.45, 2.75) is 38.3 Å². The topological polar surface area (TPSA) is 38.7 Å². The number of rotatable bonds is 7. The van der Waals surface area contributed by atoms with Crippen molar-refractivity contribution in [1.29, 1.82) is 0 Å². The number of hydrogen-bond acceptors (Lipinski definition) is 3. The smallest absolute Gasteiger partial charge is 0.0720 e. The first-order chi connectivity index (χ1) is 11.3. The van der Waals surface area contributed by atoms with Gasteiger partial charge in [-0.1, -0.05) is 60.7 Å².